The van der Waals surface area contributed by atoms with Gasteiger partial charge in [0.1, 0.15) is 5.92 Å². The van der Waals surface area contributed by atoms with Gasteiger partial charge in [0.05, 0.1) is 0 Å². The van der Waals surface area contributed by atoms with Crippen LogP contribution in [0.15, 0.2) is 0 Å². The normalized spacial score (nSPS) is 10.9. The molecule has 0 radical (unpaired) electrons. The van der Waals surface area contributed by atoms with Crippen molar-refractivity contribution in [1.82, 2.24) is 0 Å². The van der Waals surface area contributed by atoms with Gasteiger partial charge in [-0.3, -0.25) is 14.4 Å². The first-order chi connectivity index (χ1) is 12.7. The molecule has 1 rings (SSSR count). The Bertz CT molecular complexity index is 1090. The highest BCUT2D eigenvalue weighted by molar-refractivity contribution is 6.25. The van der Waals surface area contributed by atoms with E-state index in [1.54, 1.807) is 0 Å². The van der Waals surface area contributed by atoms with Gasteiger partial charge in [0.15, 0.2) is 11.6 Å². The molecule has 1 aliphatic carbocycles. The van der Waals surface area contributed by atoms with Crippen LogP contribution in [-0.2, 0) is 14.4 Å². The van der Waals surface area contributed by atoms with E-state index in [2.05, 4.69) is 88.8 Å². The SMILES string of the molecule is C#CC#CC#CC#CC#CC#CC#CC#CC(=O)C1C(=O)CCCC1=O. The first-order valence-corrected chi connectivity index (χ1v) is 7.22. The van der Waals surface area contributed by atoms with Gasteiger partial charge in [-0.15, -0.1) is 6.42 Å². The Balaban J connectivity index is 2.56. The second kappa shape index (κ2) is 12.0. The zero-order valence-corrected chi connectivity index (χ0v) is 13.5. The Kier molecular flexibility index (Phi) is 9.00. The molecular weight excluding hydrogens is 324 g/mol. The number of hydrogen-bond donors (Lipinski definition) is 0. The van der Waals surface area contributed by atoms with E-state index in [9.17, 15) is 14.4 Å². The number of rotatable bonds is 1. The summed E-state index contributed by atoms with van der Waals surface area (Å²) >= 11 is 0. The lowest BCUT2D eigenvalue weighted by Crippen LogP contribution is -2.34. The molecule has 0 aromatic carbocycles. The van der Waals surface area contributed by atoms with Crippen LogP contribution >= 0.6 is 0 Å². The van der Waals surface area contributed by atoms with Gasteiger partial charge in [-0.05, 0) is 95.2 Å². The van der Waals surface area contributed by atoms with Crippen LogP contribution in [0.3, 0.4) is 0 Å². The third-order valence-corrected chi connectivity index (χ3v) is 2.76. The number of terminal acetylenes is 1. The Hall–Kier alpha value is -4.51. The second-order valence-corrected chi connectivity index (χ2v) is 4.48. The Morgan fingerprint density at radius 3 is 1.50 bits per heavy atom. The fourth-order valence-corrected chi connectivity index (χ4v) is 1.74. The summed E-state index contributed by atoms with van der Waals surface area (Å²) in [4.78, 5) is 34.9. The van der Waals surface area contributed by atoms with Gasteiger partial charge in [0.2, 0.25) is 5.78 Å². The molecule has 0 saturated heterocycles. The van der Waals surface area contributed by atoms with Gasteiger partial charge in [-0.25, -0.2) is 0 Å². The van der Waals surface area contributed by atoms with Crippen molar-refractivity contribution in [3.63, 3.8) is 0 Å². The van der Waals surface area contributed by atoms with Crippen molar-refractivity contribution < 1.29 is 14.4 Å². The molecule has 0 spiro atoms. The number of Topliss-reactive ketones (excluding diaryl/α,β-unsaturated/α-hetero) is 3. The molecule has 0 aromatic rings. The van der Waals surface area contributed by atoms with Gasteiger partial charge in [0, 0.05) is 12.8 Å². The lowest BCUT2D eigenvalue weighted by Gasteiger charge is -2.15. The maximum atomic E-state index is 11.8. The van der Waals surface area contributed by atoms with Gasteiger partial charge in [0.25, 0.3) is 0 Å². The second-order valence-electron chi connectivity index (χ2n) is 4.48. The zero-order chi connectivity index (χ0) is 19.0. The van der Waals surface area contributed by atoms with Crippen molar-refractivity contribution in [2.45, 2.75) is 19.3 Å². The van der Waals surface area contributed by atoms with Crippen molar-refractivity contribution >= 4 is 17.3 Å². The fraction of sp³-hybridized carbons (Fsp3) is 0.174. The topological polar surface area (TPSA) is 51.2 Å². The first kappa shape index (κ1) is 19.5. The molecule has 0 aromatic heterocycles. The third kappa shape index (κ3) is 7.66. The fourth-order valence-electron chi connectivity index (χ4n) is 1.74. The molecule has 1 aliphatic rings. The minimum atomic E-state index is -1.26. The summed E-state index contributed by atoms with van der Waals surface area (Å²) in [6.07, 6.45) is 5.85. The molecule has 1 saturated carbocycles. The van der Waals surface area contributed by atoms with E-state index in [0.717, 1.165) is 0 Å². The molecular formula is C23H8O3. The summed E-state index contributed by atoms with van der Waals surface area (Å²) in [6, 6.07) is 0. The van der Waals surface area contributed by atoms with Crippen molar-refractivity contribution in [2.24, 2.45) is 5.92 Å². The van der Waals surface area contributed by atoms with Gasteiger partial charge < -0.3 is 0 Å². The average Bonchev–Trinajstić information content (AvgIpc) is 2.62. The average molecular weight is 332 g/mol. The highest BCUT2D eigenvalue weighted by Crippen LogP contribution is 2.17. The van der Waals surface area contributed by atoms with Crippen LogP contribution in [0.25, 0.3) is 0 Å². The summed E-state index contributed by atoms with van der Waals surface area (Å²) in [7, 11) is 0. The van der Waals surface area contributed by atoms with Gasteiger partial charge in [-0.2, -0.15) is 0 Å². The minimum Gasteiger partial charge on any atom is -0.298 e. The molecule has 0 amide bonds. The maximum absolute atomic E-state index is 11.8. The van der Waals surface area contributed by atoms with Crippen LogP contribution in [-0.4, -0.2) is 17.3 Å². The lowest BCUT2D eigenvalue weighted by atomic mass is 9.84. The van der Waals surface area contributed by atoms with Crippen LogP contribution in [0.2, 0.25) is 0 Å². The Morgan fingerprint density at radius 1 is 0.692 bits per heavy atom. The molecule has 0 aliphatic heterocycles. The highest BCUT2D eigenvalue weighted by atomic mass is 16.2. The van der Waals surface area contributed by atoms with Crippen molar-refractivity contribution in [2.75, 3.05) is 0 Å². The van der Waals surface area contributed by atoms with Crippen molar-refractivity contribution in [3.05, 3.63) is 0 Å². The smallest absolute Gasteiger partial charge is 0.224 e. The number of carbonyl (C=O) groups is 3. The van der Waals surface area contributed by atoms with E-state index in [4.69, 9.17) is 6.42 Å². The number of ketones is 3. The Morgan fingerprint density at radius 2 is 1.08 bits per heavy atom. The predicted octanol–water partition coefficient (Wildman–Crippen LogP) is 0.151. The summed E-state index contributed by atoms with van der Waals surface area (Å²) in [5, 5.41) is 0. The van der Waals surface area contributed by atoms with Crippen LogP contribution in [0, 0.1) is 101 Å². The molecule has 0 atom stereocenters. The summed E-state index contributed by atoms with van der Waals surface area (Å²) < 4.78 is 0. The molecule has 0 N–H and O–H groups in total. The summed E-state index contributed by atoms with van der Waals surface area (Å²) in [6.45, 7) is 0. The van der Waals surface area contributed by atoms with E-state index in [1.165, 1.54) is 0 Å². The molecule has 0 unspecified atom stereocenters. The quantitative estimate of drug-likeness (QED) is 0.390. The van der Waals surface area contributed by atoms with E-state index >= 15 is 0 Å². The van der Waals surface area contributed by atoms with Crippen LogP contribution in [0.5, 0.6) is 0 Å². The molecule has 0 bridgehead atoms. The number of hydrogen-bond acceptors (Lipinski definition) is 3. The molecule has 0 heterocycles. The van der Waals surface area contributed by atoms with Crippen LogP contribution in [0.4, 0.5) is 0 Å². The van der Waals surface area contributed by atoms with E-state index < -0.39 is 11.7 Å². The monoisotopic (exact) mass is 332 g/mol. The molecule has 118 valence electrons. The maximum Gasteiger partial charge on any atom is 0.224 e. The summed E-state index contributed by atoms with van der Waals surface area (Å²) in [5.41, 5.74) is 0. The zero-order valence-electron chi connectivity index (χ0n) is 13.5. The van der Waals surface area contributed by atoms with E-state index in [0.29, 0.717) is 6.42 Å². The van der Waals surface area contributed by atoms with E-state index in [1.807, 2.05) is 0 Å². The van der Waals surface area contributed by atoms with Crippen LogP contribution < -0.4 is 0 Å². The predicted molar refractivity (Wildman–Crippen MR) is 95.6 cm³/mol. The molecule has 1 fully saturated rings. The molecule has 3 heteroatoms. The summed E-state index contributed by atoms with van der Waals surface area (Å²) in [5.74, 6) is 32.6. The standard InChI is InChI=1S/C23H8O3/c1-2-3-4-5-6-7-8-9-10-11-12-13-14-15-17-20(24)23-21(25)18-16-19-22(23)26/h1,23H,16,18-19H2. The van der Waals surface area contributed by atoms with Crippen molar-refractivity contribution in [3.8, 4) is 95.2 Å². The van der Waals surface area contributed by atoms with Crippen molar-refractivity contribution in [1.29, 1.82) is 0 Å². The largest absolute Gasteiger partial charge is 0.298 e. The van der Waals surface area contributed by atoms with Crippen LogP contribution in [0.1, 0.15) is 19.3 Å². The van der Waals surface area contributed by atoms with E-state index in [-0.39, 0.29) is 24.4 Å². The lowest BCUT2D eigenvalue weighted by molar-refractivity contribution is -0.140. The van der Waals surface area contributed by atoms with Gasteiger partial charge in [-0.1, -0.05) is 0 Å². The molecule has 26 heavy (non-hydrogen) atoms. The minimum absolute atomic E-state index is 0.229. The third-order valence-electron chi connectivity index (χ3n) is 2.76. The number of carbonyl (C=O) groups excluding carboxylic acids is 3. The first-order valence-electron chi connectivity index (χ1n) is 7.22. The Labute approximate surface area is 152 Å². The highest BCUT2D eigenvalue weighted by Gasteiger charge is 2.34. The van der Waals surface area contributed by atoms with Gasteiger partial charge >= 0.3 is 0 Å². The molecule has 3 nitrogen and oxygen atoms in total.